The van der Waals surface area contributed by atoms with Crippen LogP contribution in [0.1, 0.15) is 20.8 Å². The summed E-state index contributed by atoms with van der Waals surface area (Å²) >= 11 is 6.33. The number of nitrogens with zero attached hydrogens (tertiary/aromatic N) is 2. The van der Waals surface area contributed by atoms with Gasteiger partial charge < -0.3 is 9.30 Å². The molecule has 0 aliphatic heterocycles. The minimum absolute atomic E-state index is 0.210. The van der Waals surface area contributed by atoms with Gasteiger partial charge in [0, 0.05) is 13.7 Å². The van der Waals surface area contributed by atoms with E-state index in [-0.39, 0.29) is 5.91 Å². The van der Waals surface area contributed by atoms with E-state index < -0.39 is 0 Å². The van der Waals surface area contributed by atoms with Gasteiger partial charge in [0.1, 0.15) is 0 Å². The molecule has 0 N–H and O–H groups in total. The van der Waals surface area contributed by atoms with E-state index >= 15 is 0 Å². The van der Waals surface area contributed by atoms with Crippen molar-refractivity contribution in [1.29, 1.82) is 0 Å². The van der Waals surface area contributed by atoms with Crippen LogP contribution in [0, 0.1) is 13.8 Å². The van der Waals surface area contributed by atoms with Crippen molar-refractivity contribution in [1.82, 2.24) is 4.57 Å². The number of thiophene rings is 1. The fourth-order valence-electron chi connectivity index (χ4n) is 2.57. The molecule has 2 heterocycles. The third kappa shape index (κ3) is 3.54. The number of amides is 1. The molecule has 0 bridgehead atoms. The van der Waals surface area contributed by atoms with Crippen LogP contribution in [0.25, 0.3) is 10.2 Å². The molecule has 24 heavy (non-hydrogen) atoms. The highest BCUT2D eigenvalue weighted by Gasteiger charge is 2.12. The minimum atomic E-state index is -0.210. The number of aryl methyl sites for hydroxylation is 2. The Balaban J connectivity index is 2.17. The molecule has 4 nitrogen and oxygen atoms in total. The number of carbonyl (C=O) groups is 1. The molecule has 2 aromatic heterocycles. The molecule has 1 aromatic carbocycles. The van der Waals surface area contributed by atoms with Crippen LogP contribution >= 0.6 is 38.6 Å². The first-order valence-electron chi connectivity index (χ1n) is 7.43. The molecule has 0 radical (unpaired) electrons. The highest BCUT2D eigenvalue weighted by Crippen LogP contribution is 2.25. The number of hydrogen-bond donors (Lipinski definition) is 0. The summed E-state index contributed by atoms with van der Waals surface area (Å²) in [6, 6.07) is 7.95. The lowest BCUT2D eigenvalue weighted by Crippen LogP contribution is -2.19. The fraction of sp³-hybridized carbons (Fsp3) is 0.294. The van der Waals surface area contributed by atoms with Gasteiger partial charge in [-0.2, -0.15) is 4.99 Å². The monoisotopic (exact) mass is 424 g/mol. The van der Waals surface area contributed by atoms with Crippen LogP contribution < -0.4 is 4.80 Å². The Morgan fingerprint density at radius 3 is 2.75 bits per heavy atom. The van der Waals surface area contributed by atoms with Gasteiger partial charge in [0.2, 0.25) is 0 Å². The molecule has 0 fully saturated rings. The van der Waals surface area contributed by atoms with Gasteiger partial charge in [-0.25, -0.2) is 0 Å². The summed E-state index contributed by atoms with van der Waals surface area (Å²) in [4.78, 5) is 18.2. The van der Waals surface area contributed by atoms with Gasteiger partial charge in [0.25, 0.3) is 5.91 Å². The third-order valence-corrected chi connectivity index (χ3v) is 6.46. The number of thiazole rings is 1. The Labute approximate surface area is 156 Å². The van der Waals surface area contributed by atoms with E-state index in [1.807, 2.05) is 6.07 Å². The lowest BCUT2D eigenvalue weighted by molar-refractivity contribution is 0.100. The van der Waals surface area contributed by atoms with Crippen LogP contribution in [0.4, 0.5) is 0 Å². The zero-order valence-corrected chi connectivity index (χ0v) is 16.8. The molecule has 3 aromatic rings. The smallest absolute Gasteiger partial charge is 0.289 e. The molecule has 0 atom stereocenters. The zero-order valence-electron chi connectivity index (χ0n) is 13.6. The maximum atomic E-state index is 12.5. The molecule has 0 unspecified atom stereocenters. The fourth-order valence-corrected chi connectivity index (χ4v) is 4.94. The number of ether oxygens (including phenoxy) is 1. The van der Waals surface area contributed by atoms with Crippen molar-refractivity contribution in [2.24, 2.45) is 4.99 Å². The first kappa shape index (κ1) is 17.5. The normalized spacial score (nSPS) is 12.2. The Kier molecular flexibility index (Phi) is 5.34. The third-order valence-electron chi connectivity index (χ3n) is 3.61. The van der Waals surface area contributed by atoms with Crippen LogP contribution in [0.3, 0.4) is 0 Å². The van der Waals surface area contributed by atoms with Crippen LogP contribution in [-0.2, 0) is 11.3 Å². The zero-order chi connectivity index (χ0) is 17.3. The topological polar surface area (TPSA) is 43.6 Å². The number of rotatable bonds is 4. The second-order valence-electron chi connectivity index (χ2n) is 5.48. The number of benzene rings is 1. The van der Waals surface area contributed by atoms with E-state index in [0.717, 1.165) is 14.0 Å². The van der Waals surface area contributed by atoms with Crippen molar-refractivity contribution in [3.05, 3.63) is 48.9 Å². The Morgan fingerprint density at radius 1 is 1.29 bits per heavy atom. The van der Waals surface area contributed by atoms with Gasteiger partial charge in [0.05, 0.1) is 25.5 Å². The SMILES string of the molecule is COCCn1c(=NC(=O)c2ccc(Br)s2)sc2c(C)cc(C)cc21. The van der Waals surface area contributed by atoms with E-state index in [1.165, 1.54) is 22.5 Å². The number of halogens is 1. The molecule has 0 saturated heterocycles. The largest absolute Gasteiger partial charge is 0.383 e. The number of fused-ring (bicyclic) bond motifs is 1. The summed E-state index contributed by atoms with van der Waals surface area (Å²) in [6.45, 7) is 5.41. The minimum Gasteiger partial charge on any atom is -0.383 e. The van der Waals surface area contributed by atoms with Crippen molar-refractivity contribution in [3.63, 3.8) is 0 Å². The van der Waals surface area contributed by atoms with Crippen molar-refractivity contribution in [2.75, 3.05) is 13.7 Å². The average molecular weight is 425 g/mol. The summed E-state index contributed by atoms with van der Waals surface area (Å²) in [5.74, 6) is -0.210. The standard InChI is InChI=1S/C17H17BrN2O2S2/c1-10-8-11(2)15-12(9-10)20(6-7-22-3)17(24-15)19-16(21)13-4-5-14(18)23-13/h4-5,8-9H,6-7H2,1-3H3. The summed E-state index contributed by atoms with van der Waals surface area (Å²) in [5, 5.41) is 0. The summed E-state index contributed by atoms with van der Waals surface area (Å²) in [7, 11) is 1.68. The molecular formula is C17H17BrN2O2S2. The van der Waals surface area contributed by atoms with Gasteiger partial charge in [-0.15, -0.1) is 11.3 Å². The summed E-state index contributed by atoms with van der Waals surface area (Å²) in [5.41, 5.74) is 3.51. The van der Waals surface area contributed by atoms with E-state index in [0.29, 0.717) is 22.8 Å². The maximum absolute atomic E-state index is 12.5. The quantitative estimate of drug-likeness (QED) is 0.617. The van der Waals surface area contributed by atoms with E-state index in [1.54, 1.807) is 24.5 Å². The molecule has 0 aliphatic carbocycles. The van der Waals surface area contributed by atoms with Crippen LogP contribution in [0.2, 0.25) is 0 Å². The average Bonchev–Trinajstić information content (AvgIpc) is 3.10. The second kappa shape index (κ2) is 7.31. The second-order valence-corrected chi connectivity index (χ2v) is 8.92. The van der Waals surface area contributed by atoms with E-state index in [9.17, 15) is 4.79 Å². The molecule has 0 aliphatic rings. The molecule has 3 rings (SSSR count). The predicted octanol–water partition coefficient (Wildman–Crippen LogP) is 4.53. The number of methoxy groups -OCH3 is 1. The summed E-state index contributed by atoms with van der Waals surface area (Å²) < 4.78 is 9.39. The molecule has 0 saturated carbocycles. The van der Waals surface area contributed by atoms with Crippen LogP contribution in [0.5, 0.6) is 0 Å². The predicted molar refractivity (Wildman–Crippen MR) is 103 cm³/mol. The van der Waals surface area contributed by atoms with Gasteiger partial charge in [-0.1, -0.05) is 17.4 Å². The lowest BCUT2D eigenvalue weighted by Gasteiger charge is -2.05. The van der Waals surface area contributed by atoms with Crippen LogP contribution in [0.15, 0.2) is 33.0 Å². The molecule has 0 spiro atoms. The Morgan fingerprint density at radius 2 is 2.08 bits per heavy atom. The van der Waals surface area contributed by atoms with Crippen molar-refractivity contribution < 1.29 is 9.53 Å². The highest BCUT2D eigenvalue weighted by molar-refractivity contribution is 9.11. The van der Waals surface area contributed by atoms with E-state index in [2.05, 4.69) is 51.5 Å². The molecular weight excluding hydrogens is 408 g/mol. The number of hydrogen-bond acceptors (Lipinski definition) is 4. The first-order chi connectivity index (χ1) is 11.5. The van der Waals surface area contributed by atoms with Crippen molar-refractivity contribution in [3.8, 4) is 0 Å². The van der Waals surface area contributed by atoms with Gasteiger partial charge >= 0.3 is 0 Å². The van der Waals surface area contributed by atoms with Crippen LogP contribution in [-0.4, -0.2) is 24.2 Å². The number of carbonyl (C=O) groups excluding carboxylic acids is 1. The first-order valence-corrected chi connectivity index (χ1v) is 9.86. The van der Waals surface area contributed by atoms with Gasteiger partial charge in [-0.3, -0.25) is 4.79 Å². The highest BCUT2D eigenvalue weighted by atomic mass is 79.9. The molecule has 1 amide bonds. The molecule has 7 heteroatoms. The van der Waals surface area contributed by atoms with Crippen molar-refractivity contribution in [2.45, 2.75) is 20.4 Å². The Bertz CT molecular complexity index is 969. The lowest BCUT2D eigenvalue weighted by atomic mass is 10.1. The van der Waals surface area contributed by atoms with Gasteiger partial charge in [-0.05, 0) is 59.1 Å². The number of aromatic nitrogens is 1. The Hall–Kier alpha value is -1.28. The van der Waals surface area contributed by atoms with E-state index in [4.69, 9.17) is 4.74 Å². The maximum Gasteiger partial charge on any atom is 0.289 e. The molecule has 126 valence electrons. The van der Waals surface area contributed by atoms with Gasteiger partial charge in [0.15, 0.2) is 4.80 Å². The summed E-state index contributed by atoms with van der Waals surface area (Å²) in [6.07, 6.45) is 0. The van der Waals surface area contributed by atoms with Crippen molar-refractivity contribution >= 4 is 54.7 Å².